The van der Waals surface area contributed by atoms with Crippen LogP contribution in [0.2, 0.25) is 5.15 Å². The Hall–Kier alpha value is -2.43. The van der Waals surface area contributed by atoms with Crippen LogP contribution in [-0.2, 0) is 0 Å². The third-order valence-corrected chi connectivity index (χ3v) is 5.32. The van der Waals surface area contributed by atoms with Gasteiger partial charge in [-0.2, -0.15) is 0 Å². The maximum atomic E-state index is 11.1. The largest absolute Gasteiger partial charge is 0.350 e. The van der Waals surface area contributed by atoms with E-state index in [9.17, 15) is 10.1 Å². The van der Waals surface area contributed by atoms with Crippen molar-refractivity contribution in [3.8, 4) is 11.8 Å². The molecule has 1 aliphatic heterocycles. The quantitative estimate of drug-likeness (QED) is 0.304. The van der Waals surface area contributed by atoms with Gasteiger partial charge in [0.05, 0.1) is 9.40 Å². The predicted molar refractivity (Wildman–Crippen MR) is 104 cm³/mol. The van der Waals surface area contributed by atoms with Crippen molar-refractivity contribution >= 4 is 39.0 Å². The summed E-state index contributed by atoms with van der Waals surface area (Å²) in [6, 6.07) is 4.86. The van der Waals surface area contributed by atoms with Crippen molar-refractivity contribution < 1.29 is 4.92 Å². The zero-order valence-corrected chi connectivity index (χ0v) is 16.0. The molecule has 0 bridgehead atoms. The van der Waals surface area contributed by atoms with E-state index in [0.717, 1.165) is 18.4 Å². The maximum Gasteiger partial charge on any atom is 0.311 e. The standard InChI is InChI=1S/C18H14BrClN4O2/c19-16-14(6-10-21-17(16)20)4-1-3-13-7-11-23(12-8-13)18-15(24(25)26)5-2-9-22-18/h2-3,5-6,9-10H,7-8,11-12H2. The van der Waals surface area contributed by atoms with Gasteiger partial charge in [0.2, 0.25) is 5.82 Å². The second-order valence-electron chi connectivity index (χ2n) is 5.63. The molecule has 0 amide bonds. The third kappa shape index (κ3) is 4.21. The van der Waals surface area contributed by atoms with E-state index in [-0.39, 0.29) is 5.69 Å². The number of hydrogen-bond acceptors (Lipinski definition) is 5. The number of halogens is 2. The number of hydrogen-bond donors (Lipinski definition) is 0. The molecule has 0 unspecified atom stereocenters. The van der Waals surface area contributed by atoms with Crippen molar-refractivity contribution in [2.45, 2.75) is 12.8 Å². The maximum absolute atomic E-state index is 11.1. The Morgan fingerprint density at radius 2 is 2.04 bits per heavy atom. The van der Waals surface area contributed by atoms with Crippen molar-refractivity contribution in [1.82, 2.24) is 9.97 Å². The van der Waals surface area contributed by atoms with E-state index in [2.05, 4.69) is 37.7 Å². The molecule has 0 spiro atoms. The van der Waals surface area contributed by atoms with E-state index in [0.29, 0.717) is 28.5 Å². The fourth-order valence-electron chi connectivity index (χ4n) is 2.66. The van der Waals surface area contributed by atoms with E-state index in [1.807, 2.05) is 11.0 Å². The van der Waals surface area contributed by atoms with Crippen LogP contribution in [0.1, 0.15) is 18.4 Å². The normalized spacial score (nSPS) is 13.8. The van der Waals surface area contributed by atoms with Gasteiger partial charge in [-0.25, -0.2) is 9.97 Å². The average molecular weight is 434 g/mol. The fourth-order valence-corrected chi connectivity index (χ4v) is 3.15. The molecule has 0 aliphatic carbocycles. The molecule has 6 nitrogen and oxygen atoms in total. The zero-order chi connectivity index (χ0) is 18.5. The molecule has 26 heavy (non-hydrogen) atoms. The molecule has 0 radical (unpaired) electrons. The molecule has 1 aliphatic rings. The van der Waals surface area contributed by atoms with Crippen molar-refractivity contribution in [2.75, 3.05) is 18.0 Å². The molecule has 2 aromatic heterocycles. The summed E-state index contributed by atoms with van der Waals surface area (Å²) >= 11 is 9.32. The van der Waals surface area contributed by atoms with E-state index >= 15 is 0 Å². The second kappa shape index (κ2) is 8.30. The predicted octanol–water partition coefficient (Wildman–Crippen LogP) is 4.38. The first-order valence-electron chi connectivity index (χ1n) is 7.90. The van der Waals surface area contributed by atoms with Crippen LogP contribution in [0.3, 0.4) is 0 Å². The van der Waals surface area contributed by atoms with Crippen LogP contribution in [0.4, 0.5) is 11.5 Å². The van der Waals surface area contributed by atoms with Crippen LogP contribution in [0.5, 0.6) is 0 Å². The van der Waals surface area contributed by atoms with Crippen LogP contribution >= 0.6 is 27.5 Å². The highest BCUT2D eigenvalue weighted by atomic mass is 79.9. The highest BCUT2D eigenvalue weighted by Gasteiger charge is 2.23. The molecule has 0 aromatic carbocycles. The van der Waals surface area contributed by atoms with Crippen LogP contribution in [0.15, 0.2) is 46.7 Å². The minimum absolute atomic E-state index is 0.0409. The molecular weight excluding hydrogens is 420 g/mol. The van der Waals surface area contributed by atoms with Crippen LogP contribution in [0, 0.1) is 22.0 Å². The number of nitro groups is 1. The lowest BCUT2D eigenvalue weighted by Crippen LogP contribution is -2.31. The number of pyridine rings is 2. The van der Waals surface area contributed by atoms with Crippen molar-refractivity contribution in [1.29, 1.82) is 0 Å². The van der Waals surface area contributed by atoms with E-state index in [1.165, 1.54) is 11.6 Å². The Bertz CT molecular complexity index is 926. The molecule has 2 aromatic rings. The van der Waals surface area contributed by atoms with Gasteiger partial charge in [-0.1, -0.05) is 29.0 Å². The summed E-state index contributed by atoms with van der Waals surface area (Å²) in [5.41, 5.74) is 2.03. The number of allylic oxidation sites excluding steroid dienone is 1. The number of rotatable bonds is 2. The lowest BCUT2D eigenvalue weighted by molar-refractivity contribution is -0.384. The first kappa shape index (κ1) is 18.4. The summed E-state index contributed by atoms with van der Waals surface area (Å²) in [4.78, 5) is 20.9. The Kier molecular flexibility index (Phi) is 5.86. The first-order chi connectivity index (χ1) is 12.6. The Balaban J connectivity index is 1.68. The van der Waals surface area contributed by atoms with Crippen molar-refractivity contribution in [3.05, 3.63) is 67.5 Å². The topological polar surface area (TPSA) is 72.2 Å². The number of piperidine rings is 1. The summed E-state index contributed by atoms with van der Waals surface area (Å²) in [6.07, 6.45) is 6.69. The molecule has 8 heteroatoms. The monoisotopic (exact) mass is 432 g/mol. The summed E-state index contributed by atoms with van der Waals surface area (Å²) in [5, 5.41) is 11.5. The van der Waals surface area contributed by atoms with Gasteiger partial charge >= 0.3 is 5.69 Å². The fraction of sp³-hybridized carbons (Fsp3) is 0.222. The first-order valence-corrected chi connectivity index (χ1v) is 9.07. The molecule has 1 saturated heterocycles. The van der Waals surface area contributed by atoms with Crippen molar-refractivity contribution in [2.24, 2.45) is 0 Å². The Labute approximate surface area is 164 Å². The van der Waals surface area contributed by atoms with E-state index in [1.54, 1.807) is 24.5 Å². The Morgan fingerprint density at radius 1 is 1.27 bits per heavy atom. The van der Waals surface area contributed by atoms with E-state index < -0.39 is 4.92 Å². The van der Waals surface area contributed by atoms with Gasteiger partial charge in [0, 0.05) is 37.1 Å². The molecule has 3 rings (SSSR count). The SMILES string of the molecule is O=[N+]([O-])c1cccnc1N1CCC(=CC#Cc2ccnc(Cl)c2Br)CC1. The number of aromatic nitrogens is 2. The molecular formula is C18H14BrClN4O2. The summed E-state index contributed by atoms with van der Waals surface area (Å²) < 4.78 is 0.685. The van der Waals surface area contributed by atoms with Gasteiger partial charge in [0.25, 0.3) is 0 Å². The second-order valence-corrected chi connectivity index (χ2v) is 6.78. The van der Waals surface area contributed by atoms with Crippen LogP contribution in [-0.4, -0.2) is 28.0 Å². The summed E-state index contributed by atoms with van der Waals surface area (Å²) in [6.45, 7) is 1.35. The van der Waals surface area contributed by atoms with Gasteiger partial charge in [-0.05, 0) is 47.0 Å². The van der Waals surface area contributed by atoms with E-state index in [4.69, 9.17) is 11.6 Å². The van der Waals surface area contributed by atoms with Crippen molar-refractivity contribution in [3.63, 3.8) is 0 Å². The molecule has 3 heterocycles. The molecule has 0 N–H and O–H groups in total. The van der Waals surface area contributed by atoms with Gasteiger partial charge < -0.3 is 4.90 Å². The number of nitrogens with zero attached hydrogens (tertiary/aromatic N) is 4. The van der Waals surface area contributed by atoms with Gasteiger partial charge in [0.15, 0.2) is 0 Å². The zero-order valence-electron chi connectivity index (χ0n) is 13.7. The highest BCUT2D eigenvalue weighted by Crippen LogP contribution is 2.28. The molecule has 0 atom stereocenters. The summed E-state index contributed by atoms with van der Waals surface area (Å²) in [7, 11) is 0. The average Bonchev–Trinajstić information content (AvgIpc) is 2.66. The number of anilines is 1. The summed E-state index contributed by atoms with van der Waals surface area (Å²) in [5.74, 6) is 6.54. The minimum Gasteiger partial charge on any atom is -0.350 e. The van der Waals surface area contributed by atoms with Gasteiger partial charge in [-0.3, -0.25) is 10.1 Å². The van der Waals surface area contributed by atoms with Crippen LogP contribution in [0.25, 0.3) is 0 Å². The lowest BCUT2D eigenvalue weighted by atomic mass is 10.0. The highest BCUT2D eigenvalue weighted by molar-refractivity contribution is 9.10. The smallest absolute Gasteiger partial charge is 0.311 e. The molecule has 0 saturated carbocycles. The van der Waals surface area contributed by atoms with Gasteiger partial charge in [0.1, 0.15) is 5.15 Å². The minimum atomic E-state index is -0.392. The lowest BCUT2D eigenvalue weighted by Gasteiger charge is -2.28. The van der Waals surface area contributed by atoms with Gasteiger partial charge in [-0.15, -0.1) is 0 Å². The van der Waals surface area contributed by atoms with Crippen LogP contribution < -0.4 is 4.90 Å². The third-order valence-electron chi connectivity index (χ3n) is 4.00. The molecule has 1 fully saturated rings. The molecule has 132 valence electrons. The Morgan fingerprint density at radius 3 is 2.77 bits per heavy atom.